The number of nitrogens with zero attached hydrogens (tertiary/aromatic N) is 1. The molecule has 0 bridgehead atoms. The first kappa shape index (κ1) is 19.4. The molecule has 0 fully saturated rings. The number of rotatable bonds is 8. The van der Waals surface area contributed by atoms with Gasteiger partial charge in [-0.25, -0.2) is 0 Å². The van der Waals surface area contributed by atoms with E-state index in [-0.39, 0.29) is 0 Å². The van der Waals surface area contributed by atoms with E-state index in [0.29, 0.717) is 31.5 Å². The number of benzene rings is 2. The molecule has 0 aromatic heterocycles. The normalized spacial score (nSPS) is 11.0. The molecule has 0 spiro atoms. The molecule has 0 aliphatic heterocycles. The second-order valence-electron chi connectivity index (χ2n) is 5.54. The van der Waals surface area contributed by atoms with Crippen molar-refractivity contribution in [2.45, 2.75) is 13.8 Å². The van der Waals surface area contributed by atoms with E-state index >= 15 is 0 Å². The van der Waals surface area contributed by atoms with E-state index in [4.69, 9.17) is 14.2 Å². The van der Waals surface area contributed by atoms with Crippen LogP contribution < -0.4 is 24.8 Å². The minimum Gasteiger partial charge on any atom is -0.493 e. The maximum Gasteiger partial charge on any atom is 0.195 e. The zero-order chi connectivity index (χ0) is 18.8. The molecule has 0 amide bonds. The Balaban J connectivity index is 1.86. The lowest BCUT2D eigenvalue weighted by atomic mass is 10.2. The first-order valence-electron chi connectivity index (χ1n) is 8.64. The van der Waals surface area contributed by atoms with Gasteiger partial charge in [0.2, 0.25) is 0 Å². The molecule has 2 aromatic carbocycles. The van der Waals surface area contributed by atoms with E-state index in [1.54, 1.807) is 14.2 Å². The number of methoxy groups -OCH3 is 1. The van der Waals surface area contributed by atoms with E-state index in [2.05, 4.69) is 15.6 Å². The average Bonchev–Trinajstić information content (AvgIpc) is 2.66. The molecule has 6 nitrogen and oxygen atoms in total. The number of aryl methyl sites for hydroxylation is 1. The van der Waals surface area contributed by atoms with Crippen LogP contribution in [-0.4, -0.2) is 39.9 Å². The van der Waals surface area contributed by atoms with Crippen LogP contribution in [0.4, 0.5) is 5.69 Å². The third-order valence-corrected chi connectivity index (χ3v) is 3.70. The van der Waals surface area contributed by atoms with Crippen LogP contribution in [-0.2, 0) is 0 Å². The molecule has 0 heterocycles. The first-order chi connectivity index (χ1) is 12.7. The lowest BCUT2D eigenvalue weighted by molar-refractivity contribution is 0.311. The van der Waals surface area contributed by atoms with Gasteiger partial charge in [0.1, 0.15) is 12.4 Å². The number of ether oxygens (including phenoxy) is 3. The molecule has 0 aliphatic rings. The Labute approximate surface area is 155 Å². The van der Waals surface area contributed by atoms with Gasteiger partial charge in [0.15, 0.2) is 17.5 Å². The number of anilines is 1. The summed E-state index contributed by atoms with van der Waals surface area (Å²) in [4.78, 5) is 4.23. The fraction of sp³-hybridized carbons (Fsp3) is 0.350. The molecule has 2 N–H and O–H groups in total. The Morgan fingerprint density at radius 1 is 1.04 bits per heavy atom. The quantitative estimate of drug-likeness (QED) is 0.430. The van der Waals surface area contributed by atoms with E-state index in [0.717, 1.165) is 22.7 Å². The Morgan fingerprint density at radius 2 is 1.85 bits per heavy atom. The van der Waals surface area contributed by atoms with Crippen molar-refractivity contribution in [1.82, 2.24) is 5.32 Å². The van der Waals surface area contributed by atoms with Gasteiger partial charge >= 0.3 is 0 Å². The summed E-state index contributed by atoms with van der Waals surface area (Å²) >= 11 is 0. The van der Waals surface area contributed by atoms with Crippen molar-refractivity contribution in [3.63, 3.8) is 0 Å². The van der Waals surface area contributed by atoms with Gasteiger partial charge in [0.25, 0.3) is 0 Å². The van der Waals surface area contributed by atoms with E-state index in [1.165, 1.54) is 0 Å². The summed E-state index contributed by atoms with van der Waals surface area (Å²) in [5.41, 5.74) is 1.98. The maximum atomic E-state index is 5.78. The van der Waals surface area contributed by atoms with Gasteiger partial charge in [-0.05, 0) is 37.6 Å². The molecular formula is C20H27N3O3. The number of para-hydroxylation sites is 1. The van der Waals surface area contributed by atoms with Crippen molar-refractivity contribution in [2.75, 3.05) is 39.2 Å². The predicted octanol–water partition coefficient (Wildman–Crippen LogP) is 3.47. The number of hydrogen-bond acceptors (Lipinski definition) is 4. The molecule has 0 saturated carbocycles. The number of guanidine groups is 1. The van der Waals surface area contributed by atoms with Gasteiger partial charge in [-0.3, -0.25) is 4.99 Å². The highest BCUT2D eigenvalue weighted by atomic mass is 16.5. The second kappa shape index (κ2) is 10.2. The van der Waals surface area contributed by atoms with Crippen LogP contribution in [0.3, 0.4) is 0 Å². The van der Waals surface area contributed by atoms with Crippen LogP contribution in [0.1, 0.15) is 12.5 Å². The molecule has 140 valence electrons. The zero-order valence-electron chi connectivity index (χ0n) is 15.8. The highest BCUT2D eigenvalue weighted by Gasteiger charge is 2.07. The van der Waals surface area contributed by atoms with Gasteiger partial charge in [-0.1, -0.05) is 18.2 Å². The standard InChI is InChI=1S/C20H27N3O3/c1-5-25-18-11-10-16(14-19(18)24-4)23-20(21-3)22-12-13-26-17-9-7-6-8-15(17)2/h6-11,14H,5,12-13H2,1-4H3,(H2,21,22,23). The predicted molar refractivity (Wildman–Crippen MR) is 106 cm³/mol. The van der Waals surface area contributed by atoms with Crippen molar-refractivity contribution >= 4 is 11.6 Å². The van der Waals surface area contributed by atoms with Gasteiger partial charge in [0, 0.05) is 18.8 Å². The van der Waals surface area contributed by atoms with Crippen LogP contribution in [0, 0.1) is 6.92 Å². The van der Waals surface area contributed by atoms with Gasteiger partial charge in [0.05, 0.1) is 20.3 Å². The molecule has 26 heavy (non-hydrogen) atoms. The van der Waals surface area contributed by atoms with Crippen LogP contribution in [0.15, 0.2) is 47.5 Å². The molecule has 2 aromatic rings. The van der Waals surface area contributed by atoms with Crippen molar-refractivity contribution < 1.29 is 14.2 Å². The van der Waals surface area contributed by atoms with Crippen LogP contribution in [0.2, 0.25) is 0 Å². The minimum atomic E-state index is 0.540. The fourth-order valence-electron chi connectivity index (χ4n) is 2.38. The third-order valence-electron chi connectivity index (χ3n) is 3.70. The van der Waals surface area contributed by atoms with Crippen molar-refractivity contribution in [1.29, 1.82) is 0 Å². The van der Waals surface area contributed by atoms with E-state index < -0.39 is 0 Å². The summed E-state index contributed by atoms with van der Waals surface area (Å²) < 4.78 is 16.7. The molecular weight excluding hydrogens is 330 g/mol. The van der Waals surface area contributed by atoms with Crippen molar-refractivity contribution in [3.05, 3.63) is 48.0 Å². The highest BCUT2D eigenvalue weighted by molar-refractivity contribution is 5.93. The number of nitrogens with one attached hydrogen (secondary N) is 2. The summed E-state index contributed by atoms with van der Waals surface area (Å²) in [6.45, 7) is 5.73. The smallest absolute Gasteiger partial charge is 0.195 e. The Kier molecular flexibility index (Phi) is 7.61. The van der Waals surface area contributed by atoms with Crippen molar-refractivity contribution in [2.24, 2.45) is 4.99 Å². The molecule has 0 aliphatic carbocycles. The fourth-order valence-corrected chi connectivity index (χ4v) is 2.38. The lowest BCUT2D eigenvalue weighted by Gasteiger charge is -2.15. The summed E-state index contributed by atoms with van der Waals surface area (Å²) in [6, 6.07) is 13.6. The third kappa shape index (κ3) is 5.58. The average molecular weight is 357 g/mol. The molecule has 2 rings (SSSR count). The van der Waals surface area contributed by atoms with Crippen molar-refractivity contribution in [3.8, 4) is 17.2 Å². The molecule has 0 atom stereocenters. The van der Waals surface area contributed by atoms with Gasteiger partial charge in [-0.15, -0.1) is 0 Å². The van der Waals surface area contributed by atoms with Crippen LogP contribution >= 0.6 is 0 Å². The van der Waals surface area contributed by atoms with E-state index in [9.17, 15) is 0 Å². The largest absolute Gasteiger partial charge is 0.493 e. The summed E-state index contributed by atoms with van der Waals surface area (Å²) in [7, 11) is 3.35. The number of hydrogen-bond donors (Lipinski definition) is 2. The monoisotopic (exact) mass is 357 g/mol. The van der Waals surface area contributed by atoms with E-state index in [1.807, 2.05) is 56.3 Å². The summed E-state index contributed by atoms with van der Waals surface area (Å²) in [6.07, 6.45) is 0. The Bertz CT molecular complexity index is 732. The van der Waals surface area contributed by atoms with Gasteiger partial charge in [-0.2, -0.15) is 0 Å². The second-order valence-corrected chi connectivity index (χ2v) is 5.54. The van der Waals surface area contributed by atoms with Gasteiger partial charge < -0.3 is 24.8 Å². The van der Waals surface area contributed by atoms with Crippen LogP contribution in [0.25, 0.3) is 0 Å². The topological polar surface area (TPSA) is 64.1 Å². The Hall–Kier alpha value is -2.89. The summed E-state index contributed by atoms with van der Waals surface area (Å²) in [5.74, 6) is 2.95. The molecule has 0 radical (unpaired) electrons. The SMILES string of the molecule is CCOc1ccc(NC(=NC)NCCOc2ccccc2C)cc1OC. The lowest BCUT2D eigenvalue weighted by Crippen LogP contribution is -2.33. The molecule has 0 unspecified atom stereocenters. The number of aliphatic imine (C=N–C) groups is 1. The Morgan fingerprint density at radius 3 is 2.54 bits per heavy atom. The minimum absolute atomic E-state index is 0.540. The highest BCUT2D eigenvalue weighted by Crippen LogP contribution is 2.30. The molecule has 0 saturated heterocycles. The summed E-state index contributed by atoms with van der Waals surface area (Å²) in [5, 5.41) is 6.46. The first-order valence-corrected chi connectivity index (χ1v) is 8.64. The zero-order valence-corrected chi connectivity index (χ0v) is 15.8. The molecule has 6 heteroatoms. The maximum absolute atomic E-state index is 5.78. The van der Waals surface area contributed by atoms with Crippen LogP contribution in [0.5, 0.6) is 17.2 Å².